The predicted octanol–water partition coefficient (Wildman–Crippen LogP) is 4.39. The van der Waals surface area contributed by atoms with Crippen LogP contribution in [0.3, 0.4) is 0 Å². The van der Waals surface area contributed by atoms with Crippen LogP contribution < -0.4 is 19.5 Å². The van der Waals surface area contributed by atoms with Crippen molar-refractivity contribution in [3.63, 3.8) is 0 Å². The lowest BCUT2D eigenvalue weighted by Crippen LogP contribution is -2.14. The average molecular weight is 373 g/mol. The molecule has 0 saturated heterocycles. The normalized spacial score (nSPS) is 15.2. The van der Waals surface area contributed by atoms with E-state index >= 15 is 0 Å². The Morgan fingerprint density at radius 3 is 2.81 bits per heavy atom. The highest BCUT2D eigenvalue weighted by Gasteiger charge is 2.23. The number of methoxy groups -OCH3 is 1. The number of fused-ring (bicyclic) bond motifs is 1. The fourth-order valence-corrected chi connectivity index (χ4v) is 3.42. The summed E-state index contributed by atoms with van der Waals surface area (Å²) < 4.78 is 16.9. The molecule has 3 rings (SSSR count). The number of anilines is 1. The quantitative estimate of drug-likeness (QED) is 0.761. The molecule has 1 amide bonds. The van der Waals surface area contributed by atoms with Crippen LogP contribution >= 0.6 is 11.8 Å². The van der Waals surface area contributed by atoms with Gasteiger partial charge in [0.1, 0.15) is 23.4 Å². The molecular weight excluding hydrogens is 350 g/mol. The zero-order valence-electron chi connectivity index (χ0n) is 15.4. The smallest absolute Gasteiger partial charge is 0.259 e. The van der Waals surface area contributed by atoms with E-state index in [1.165, 1.54) is 0 Å². The van der Waals surface area contributed by atoms with Gasteiger partial charge in [-0.2, -0.15) is 0 Å². The van der Waals surface area contributed by atoms with E-state index in [-0.39, 0.29) is 12.0 Å². The van der Waals surface area contributed by atoms with Crippen LogP contribution in [0, 0.1) is 0 Å². The molecule has 0 aliphatic carbocycles. The van der Waals surface area contributed by atoms with Crippen LogP contribution in [-0.4, -0.2) is 32.0 Å². The molecule has 0 unspecified atom stereocenters. The molecule has 5 nitrogen and oxygen atoms in total. The molecule has 1 N–H and O–H groups in total. The summed E-state index contributed by atoms with van der Waals surface area (Å²) in [5, 5.41) is 2.94. The number of hydrogen-bond donors (Lipinski definition) is 1. The van der Waals surface area contributed by atoms with Gasteiger partial charge < -0.3 is 19.5 Å². The maximum atomic E-state index is 12.8. The van der Waals surface area contributed by atoms with Crippen LogP contribution in [-0.2, 0) is 6.42 Å². The molecule has 0 radical (unpaired) electrons. The molecule has 1 heterocycles. The molecule has 0 bridgehead atoms. The Morgan fingerprint density at radius 1 is 1.31 bits per heavy atom. The van der Waals surface area contributed by atoms with Gasteiger partial charge in [0, 0.05) is 22.9 Å². The van der Waals surface area contributed by atoms with Crippen molar-refractivity contribution in [3.8, 4) is 17.2 Å². The van der Waals surface area contributed by atoms with Crippen LogP contribution in [0.2, 0.25) is 0 Å². The third-order valence-electron chi connectivity index (χ3n) is 4.20. The molecule has 0 spiro atoms. The van der Waals surface area contributed by atoms with Gasteiger partial charge in [-0.25, -0.2) is 0 Å². The molecule has 1 aliphatic heterocycles. The van der Waals surface area contributed by atoms with Crippen LogP contribution in [0.5, 0.6) is 17.2 Å². The highest BCUT2D eigenvalue weighted by atomic mass is 32.2. The predicted molar refractivity (Wildman–Crippen MR) is 104 cm³/mol. The minimum absolute atomic E-state index is 0.129. The van der Waals surface area contributed by atoms with Crippen molar-refractivity contribution in [3.05, 3.63) is 41.5 Å². The molecule has 0 fully saturated rings. The van der Waals surface area contributed by atoms with Crippen LogP contribution in [0.4, 0.5) is 5.69 Å². The third-order valence-corrected chi connectivity index (χ3v) is 4.92. The van der Waals surface area contributed by atoms with Crippen LogP contribution in [0.1, 0.15) is 29.8 Å². The third kappa shape index (κ3) is 3.75. The van der Waals surface area contributed by atoms with E-state index in [9.17, 15) is 4.79 Å². The van der Waals surface area contributed by atoms with Gasteiger partial charge in [-0.1, -0.05) is 0 Å². The first kappa shape index (κ1) is 18.5. The Kier molecular flexibility index (Phi) is 5.61. The first-order chi connectivity index (χ1) is 12.5. The Bertz CT molecular complexity index is 822. The molecule has 138 valence electrons. The molecule has 1 atom stereocenters. The lowest BCUT2D eigenvalue weighted by Gasteiger charge is -2.15. The number of carbonyl (C=O) groups is 1. The van der Waals surface area contributed by atoms with Gasteiger partial charge >= 0.3 is 0 Å². The molecule has 0 saturated carbocycles. The summed E-state index contributed by atoms with van der Waals surface area (Å²) in [5.74, 6) is 1.73. The monoisotopic (exact) mass is 373 g/mol. The standard InChI is InChI=1S/C20H23NO4S/c1-5-24-19-9-13-8-12(2)25-17(13)11-16(19)21-20(22)15-7-6-14(26-4)10-18(15)23-3/h6-7,9-12H,5,8H2,1-4H3,(H,21,22)/t12-/m1/s1. The van der Waals surface area contributed by atoms with Gasteiger partial charge in [0.25, 0.3) is 5.91 Å². The Labute approximate surface area is 158 Å². The minimum atomic E-state index is -0.249. The van der Waals surface area contributed by atoms with Crippen molar-refractivity contribution in [1.82, 2.24) is 0 Å². The Morgan fingerprint density at radius 2 is 2.12 bits per heavy atom. The van der Waals surface area contributed by atoms with E-state index in [1.807, 2.05) is 44.4 Å². The number of benzene rings is 2. The first-order valence-corrected chi connectivity index (χ1v) is 9.78. The van der Waals surface area contributed by atoms with Gasteiger partial charge in [0.15, 0.2) is 0 Å². The summed E-state index contributed by atoms with van der Waals surface area (Å²) in [6.45, 7) is 4.46. The minimum Gasteiger partial charge on any atom is -0.496 e. The molecule has 0 aromatic heterocycles. The second kappa shape index (κ2) is 7.91. The van der Waals surface area contributed by atoms with Gasteiger partial charge in [-0.05, 0) is 44.4 Å². The van der Waals surface area contributed by atoms with Gasteiger partial charge in [-0.15, -0.1) is 11.8 Å². The largest absolute Gasteiger partial charge is 0.496 e. The van der Waals surface area contributed by atoms with E-state index in [1.54, 1.807) is 24.9 Å². The lowest BCUT2D eigenvalue weighted by molar-refractivity contribution is 0.102. The van der Waals surface area contributed by atoms with Crippen molar-refractivity contribution in [2.45, 2.75) is 31.3 Å². The van der Waals surface area contributed by atoms with Crippen molar-refractivity contribution < 1.29 is 19.0 Å². The summed E-state index contributed by atoms with van der Waals surface area (Å²) in [7, 11) is 1.56. The maximum Gasteiger partial charge on any atom is 0.259 e. The fraction of sp³-hybridized carbons (Fsp3) is 0.350. The molecule has 2 aromatic carbocycles. The maximum absolute atomic E-state index is 12.8. The van der Waals surface area contributed by atoms with Gasteiger partial charge in [-0.3, -0.25) is 4.79 Å². The van der Waals surface area contributed by atoms with E-state index in [2.05, 4.69) is 5.32 Å². The molecule has 1 aliphatic rings. The number of ether oxygens (including phenoxy) is 3. The van der Waals surface area contributed by atoms with Crippen molar-refractivity contribution in [2.75, 3.05) is 25.3 Å². The topological polar surface area (TPSA) is 56.8 Å². The highest BCUT2D eigenvalue weighted by Crippen LogP contribution is 2.38. The molecule has 26 heavy (non-hydrogen) atoms. The number of carbonyl (C=O) groups excluding carboxylic acids is 1. The summed E-state index contributed by atoms with van der Waals surface area (Å²) in [5.41, 5.74) is 2.17. The summed E-state index contributed by atoms with van der Waals surface area (Å²) in [4.78, 5) is 13.9. The van der Waals surface area contributed by atoms with Crippen LogP contribution in [0.15, 0.2) is 35.2 Å². The zero-order valence-corrected chi connectivity index (χ0v) is 16.2. The van der Waals surface area contributed by atoms with Crippen molar-refractivity contribution in [1.29, 1.82) is 0 Å². The second-order valence-corrected chi connectivity index (χ2v) is 6.92. The number of thioether (sulfide) groups is 1. The number of rotatable bonds is 6. The zero-order chi connectivity index (χ0) is 18.7. The van der Waals surface area contributed by atoms with E-state index in [4.69, 9.17) is 14.2 Å². The number of amides is 1. The highest BCUT2D eigenvalue weighted by molar-refractivity contribution is 7.98. The lowest BCUT2D eigenvalue weighted by atomic mass is 10.1. The SMILES string of the molecule is CCOc1cc2c(cc1NC(=O)c1ccc(SC)cc1OC)O[C@H](C)C2. The van der Waals surface area contributed by atoms with Crippen LogP contribution in [0.25, 0.3) is 0 Å². The number of hydrogen-bond acceptors (Lipinski definition) is 5. The summed E-state index contributed by atoms with van der Waals surface area (Å²) >= 11 is 1.60. The summed E-state index contributed by atoms with van der Waals surface area (Å²) in [6, 6.07) is 9.32. The average Bonchev–Trinajstić information content (AvgIpc) is 3.00. The van der Waals surface area contributed by atoms with Gasteiger partial charge in [0.2, 0.25) is 0 Å². The fourth-order valence-electron chi connectivity index (χ4n) is 2.99. The van der Waals surface area contributed by atoms with Crippen molar-refractivity contribution in [2.24, 2.45) is 0 Å². The van der Waals surface area contributed by atoms with E-state index < -0.39 is 0 Å². The van der Waals surface area contributed by atoms with Crippen molar-refractivity contribution >= 4 is 23.4 Å². The van der Waals surface area contributed by atoms with Gasteiger partial charge in [0.05, 0.1) is 25.0 Å². The Hall–Kier alpha value is -2.34. The number of nitrogens with one attached hydrogen (secondary N) is 1. The molecular formula is C20H23NO4S. The molecule has 6 heteroatoms. The van der Waals surface area contributed by atoms with E-state index in [0.29, 0.717) is 29.4 Å². The van der Waals surface area contributed by atoms with E-state index in [0.717, 1.165) is 22.6 Å². The second-order valence-electron chi connectivity index (χ2n) is 6.04. The Balaban J connectivity index is 1.91. The molecule has 2 aromatic rings. The first-order valence-electron chi connectivity index (χ1n) is 8.55. The summed E-state index contributed by atoms with van der Waals surface area (Å²) in [6.07, 6.45) is 2.95.